The minimum atomic E-state index is 0.549. The molecule has 0 unspecified atom stereocenters. The highest BCUT2D eigenvalue weighted by Crippen LogP contribution is 2.15. The first-order valence-electron chi connectivity index (χ1n) is 5.95. The van der Waals surface area contributed by atoms with Crippen LogP contribution in [0.15, 0.2) is 42.7 Å². The first-order chi connectivity index (χ1) is 9.22. The molecule has 0 aliphatic heterocycles. The number of aromatic nitrogens is 5. The molecule has 1 aromatic carbocycles. The molecule has 0 aliphatic rings. The summed E-state index contributed by atoms with van der Waals surface area (Å²) >= 11 is 0. The molecule has 0 bridgehead atoms. The first kappa shape index (κ1) is 11.5. The Kier molecular flexibility index (Phi) is 2.75. The molecule has 3 rings (SSSR count). The van der Waals surface area contributed by atoms with Gasteiger partial charge in [-0.05, 0) is 0 Å². The molecule has 0 amide bonds. The van der Waals surface area contributed by atoms with Crippen molar-refractivity contribution < 1.29 is 0 Å². The minimum absolute atomic E-state index is 0.549. The molecule has 0 fully saturated rings. The van der Waals surface area contributed by atoms with Gasteiger partial charge in [0.25, 0.3) is 0 Å². The van der Waals surface area contributed by atoms with E-state index in [0.717, 1.165) is 17.2 Å². The molecular weight excluding hydrogens is 240 g/mol. The lowest BCUT2D eigenvalue weighted by Gasteiger charge is -1.99. The van der Waals surface area contributed by atoms with E-state index in [1.54, 1.807) is 21.8 Å². The zero-order valence-corrected chi connectivity index (χ0v) is 10.6. The van der Waals surface area contributed by atoms with Crippen molar-refractivity contribution in [3.05, 3.63) is 48.5 Å². The van der Waals surface area contributed by atoms with Gasteiger partial charge in [0.05, 0.1) is 11.9 Å². The summed E-state index contributed by atoms with van der Waals surface area (Å²) in [6.07, 6.45) is 3.39. The van der Waals surface area contributed by atoms with E-state index in [9.17, 15) is 0 Å². The minimum Gasteiger partial charge on any atom is -0.396 e. The van der Waals surface area contributed by atoms with E-state index in [-0.39, 0.29) is 0 Å². The molecule has 2 aromatic heterocycles. The summed E-state index contributed by atoms with van der Waals surface area (Å²) in [6.45, 7) is 0.549. The number of rotatable bonds is 3. The van der Waals surface area contributed by atoms with E-state index >= 15 is 0 Å². The summed E-state index contributed by atoms with van der Waals surface area (Å²) in [7, 11) is 1.88. The van der Waals surface area contributed by atoms with Crippen molar-refractivity contribution in [1.82, 2.24) is 24.5 Å². The van der Waals surface area contributed by atoms with Gasteiger partial charge in [-0.2, -0.15) is 10.2 Å². The molecule has 96 valence electrons. The van der Waals surface area contributed by atoms with Crippen molar-refractivity contribution in [3.8, 4) is 11.4 Å². The molecule has 0 spiro atoms. The second-order valence-corrected chi connectivity index (χ2v) is 4.31. The van der Waals surface area contributed by atoms with Crippen molar-refractivity contribution in [2.75, 3.05) is 5.73 Å². The highest BCUT2D eigenvalue weighted by Gasteiger charge is 2.09. The molecule has 3 aromatic rings. The molecule has 0 radical (unpaired) electrons. The molecule has 19 heavy (non-hydrogen) atoms. The van der Waals surface area contributed by atoms with Gasteiger partial charge in [0.2, 0.25) is 0 Å². The van der Waals surface area contributed by atoms with Crippen LogP contribution in [-0.4, -0.2) is 24.5 Å². The van der Waals surface area contributed by atoms with Gasteiger partial charge in [-0.3, -0.25) is 9.36 Å². The molecule has 6 nitrogen and oxygen atoms in total. The van der Waals surface area contributed by atoms with Crippen LogP contribution in [0.5, 0.6) is 0 Å². The second-order valence-electron chi connectivity index (χ2n) is 4.31. The standard InChI is InChI=1S/C13H14N6/c1-18-12(9-19-8-11(14)7-15-19)16-13(17-18)10-5-3-2-4-6-10/h2-8H,9,14H2,1H3. The van der Waals surface area contributed by atoms with Crippen LogP contribution in [-0.2, 0) is 13.6 Å². The van der Waals surface area contributed by atoms with Gasteiger partial charge < -0.3 is 5.73 Å². The van der Waals surface area contributed by atoms with Crippen molar-refractivity contribution >= 4 is 5.69 Å². The monoisotopic (exact) mass is 254 g/mol. The molecule has 6 heteroatoms. The Morgan fingerprint density at radius 3 is 2.68 bits per heavy atom. The van der Waals surface area contributed by atoms with E-state index in [1.807, 2.05) is 37.4 Å². The van der Waals surface area contributed by atoms with E-state index in [4.69, 9.17) is 5.73 Å². The Morgan fingerprint density at radius 1 is 1.21 bits per heavy atom. The molecule has 2 N–H and O–H groups in total. The molecule has 0 atom stereocenters. The van der Waals surface area contributed by atoms with Crippen LogP contribution in [0.25, 0.3) is 11.4 Å². The summed E-state index contributed by atoms with van der Waals surface area (Å²) < 4.78 is 3.51. The van der Waals surface area contributed by atoms with Crippen molar-refractivity contribution in [3.63, 3.8) is 0 Å². The van der Waals surface area contributed by atoms with E-state index in [0.29, 0.717) is 12.2 Å². The third kappa shape index (κ3) is 2.33. The summed E-state index contributed by atoms with van der Waals surface area (Å²) in [6, 6.07) is 9.90. The van der Waals surface area contributed by atoms with Gasteiger partial charge in [0.1, 0.15) is 12.4 Å². The maximum Gasteiger partial charge on any atom is 0.181 e. The molecule has 0 aliphatic carbocycles. The Balaban J connectivity index is 1.90. The zero-order chi connectivity index (χ0) is 13.2. The summed E-state index contributed by atoms with van der Waals surface area (Å²) in [5.41, 5.74) is 7.29. The van der Waals surface area contributed by atoms with Crippen molar-refractivity contribution in [2.24, 2.45) is 7.05 Å². The number of nitrogens with two attached hydrogens (primary N) is 1. The van der Waals surface area contributed by atoms with Crippen LogP contribution in [0.2, 0.25) is 0 Å². The average Bonchev–Trinajstić information content (AvgIpc) is 2.98. The van der Waals surface area contributed by atoms with Gasteiger partial charge in [-0.1, -0.05) is 30.3 Å². The van der Waals surface area contributed by atoms with Gasteiger partial charge >= 0.3 is 0 Å². The van der Waals surface area contributed by atoms with Gasteiger partial charge in [0.15, 0.2) is 5.82 Å². The van der Waals surface area contributed by atoms with E-state index in [2.05, 4.69) is 15.2 Å². The van der Waals surface area contributed by atoms with Crippen LogP contribution in [0.1, 0.15) is 5.82 Å². The Morgan fingerprint density at radius 2 is 2.00 bits per heavy atom. The maximum absolute atomic E-state index is 5.64. The lowest BCUT2D eigenvalue weighted by Crippen LogP contribution is -2.07. The van der Waals surface area contributed by atoms with Crippen LogP contribution in [0.4, 0.5) is 5.69 Å². The SMILES string of the molecule is Cn1nc(-c2ccccc2)nc1Cn1cc(N)cn1. The Hall–Kier alpha value is -2.63. The fourth-order valence-electron chi connectivity index (χ4n) is 1.87. The lowest BCUT2D eigenvalue weighted by molar-refractivity contribution is 0.608. The number of nitrogen functional groups attached to an aromatic ring is 1. The molecule has 0 saturated heterocycles. The second kappa shape index (κ2) is 4.56. The first-order valence-corrected chi connectivity index (χ1v) is 5.95. The fraction of sp³-hybridized carbons (Fsp3) is 0.154. The summed E-state index contributed by atoms with van der Waals surface area (Å²) in [5, 5.41) is 8.56. The number of nitrogens with zero attached hydrogens (tertiary/aromatic N) is 5. The summed E-state index contributed by atoms with van der Waals surface area (Å²) in [5.74, 6) is 1.56. The van der Waals surface area contributed by atoms with Gasteiger partial charge in [-0.15, -0.1) is 0 Å². The van der Waals surface area contributed by atoms with Gasteiger partial charge in [0, 0.05) is 18.8 Å². The largest absolute Gasteiger partial charge is 0.396 e. The molecule has 2 heterocycles. The highest BCUT2D eigenvalue weighted by molar-refractivity contribution is 5.53. The quantitative estimate of drug-likeness (QED) is 0.764. The predicted octanol–water partition coefficient (Wildman–Crippen LogP) is 1.31. The normalized spacial score (nSPS) is 10.8. The molecular formula is C13H14N6. The van der Waals surface area contributed by atoms with Crippen LogP contribution >= 0.6 is 0 Å². The Bertz CT molecular complexity index is 682. The maximum atomic E-state index is 5.64. The van der Waals surface area contributed by atoms with Crippen LogP contribution in [0, 0.1) is 0 Å². The topological polar surface area (TPSA) is 74.5 Å². The fourth-order valence-corrected chi connectivity index (χ4v) is 1.87. The zero-order valence-electron chi connectivity index (χ0n) is 10.6. The number of hydrogen-bond acceptors (Lipinski definition) is 4. The number of anilines is 1. The van der Waals surface area contributed by atoms with Crippen LogP contribution in [0.3, 0.4) is 0 Å². The predicted molar refractivity (Wildman–Crippen MR) is 72.2 cm³/mol. The third-order valence-electron chi connectivity index (χ3n) is 2.84. The lowest BCUT2D eigenvalue weighted by atomic mass is 10.2. The van der Waals surface area contributed by atoms with Gasteiger partial charge in [-0.25, -0.2) is 4.98 Å². The smallest absolute Gasteiger partial charge is 0.181 e. The average molecular weight is 254 g/mol. The Labute approximate surface area is 110 Å². The highest BCUT2D eigenvalue weighted by atomic mass is 15.4. The molecule has 0 saturated carbocycles. The van der Waals surface area contributed by atoms with Crippen molar-refractivity contribution in [2.45, 2.75) is 6.54 Å². The van der Waals surface area contributed by atoms with Crippen LogP contribution < -0.4 is 5.73 Å². The van der Waals surface area contributed by atoms with E-state index < -0.39 is 0 Å². The number of hydrogen-bond donors (Lipinski definition) is 1. The van der Waals surface area contributed by atoms with E-state index in [1.165, 1.54) is 0 Å². The number of aryl methyl sites for hydroxylation is 1. The third-order valence-corrected chi connectivity index (χ3v) is 2.84. The number of benzene rings is 1. The van der Waals surface area contributed by atoms with Crippen molar-refractivity contribution in [1.29, 1.82) is 0 Å². The summed E-state index contributed by atoms with van der Waals surface area (Å²) in [4.78, 5) is 4.53.